The summed E-state index contributed by atoms with van der Waals surface area (Å²) in [6.45, 7) is 11.0. The number of ether oxygens (including phenoxy) is 1. The average Bonchev–Trinajstić information content (AvgIpc) is 2.97. The summed E-state index contributed by atoms with van der Waals surface area (Å²) in [4.78, 5) is 12.0. The van der Waals surface area contributed by atoms with E-state index in [1.54, 1.807) is 11.3 Å². The van der Waals surface area contributed by atoms with Crippen molar-refractivity contribution in [1.82, 2.24) is 0 Å². The van der Waals surface area contributed by atoms with Crippen molar-refractivity contribution in [3.05, 3.63) is 54.3 Å². The van der Waals surface area contributed by atoms with Gasteiger partial charge in [-0.1, -0.05) is 6.07 Å². The van der Waals surface area contributed by atoms with Crippen LogP contribution in [0.25, 0.3) is 0 Å². The standard InChI is InChI=1S/C10H13I.C8H10O2S/c1-6-5-10(11)9(4)8(3)7(6)2;1-2-10-8(9)6-7-4-3-5-11-7/h5H,1-4H3;3-5H,2,6H2,1H3. The lowest BCUT2D eigenvalue weighted by molar-refractivity contribution is -0.142. The summed E-state index contributed by atoms with van der Waals surface area (Å²) in [5.41, 5.74) is 5.70. The molecule has 4 heteroatoms. The zero-order valence-electron chi connectivity index (χ0n) is 13.8. The van der Waals surface area contributed by atoms with E-state index >= 15 is 0 Å². The molecular weight excluding hydrogens is 407 g/mol. The number of carbonyl (C=O) groups is 1. The van der Waals surface area contributed by atoms with Gasteiger partial charge in [0.1, 0.15) is 0 Å². The van der Waals surface area contributed by atoms with Crippen LogP contribution in [-0.4, -0.2) is 12.6 Å². The Hall–Kier alpha value is -0.880. The molecule has 0 unspecified atom stereocenters. The highest BCUT2D eigenvalue weighted by Gasteiger charge is 2.04. The first kappa shape index (κ1) is 19.2. The van der Waals surface area contributed by atoms with E-state index < -0.39 is 0 Å². The highest BCUT2D eigenvalue weighted by atomic mass is 127. The summed E-state index contributed by atoms with van der Waals surface area (Å²) in [5.74, 6) is -0.144. The van der Waals surface area contributed by atoms with Crippen molar-refractivity contribution in [2.75, 3.05) is 6.61 Å². The summed E-state index contributed by atoms with van der Waals surface area (Å²) >= 11 is 3.97. The maximum atomic E-state index is 10.9. The van der Waals surface area contributed by atoms with Crippen LogP contribution in [0.4, 0.5) is 0 Å². The molecule has 0 radical (unpaired) electrons. The largest absolute Gasteiger partial charge is 0.466 e. The second kappa shape index (κ2) is 9.30. The Morgan fingerprint density at radius 2 is 1.86 bits per heavy atom. The number of halogens is 1. The molecule has 0 saturated carbocycles. The van der Waals surface area contributed by atoms with E-state index in [9.17, 15) is 4.79 Å². The minimum Gasteiger partial charge on any atom is -0.466 e. The Morgan fingerprint density at radius 3 is 2.41 bits per heavy atom. The first-order valence-corrected chi connectivity index (χ1v) is 9.23. The Morgan fingerprint density at radius 1 is 1.18 bits per heavy atom. The molecule has 0 amide bonds. The van der Waals surface area contributed by atoms with Gasteiger partial charge in [-0.15, -0.1) is 11.3 Å². The van der Waals surface area contributed by atoms with Crippen LogP contribution in [0.5, 0.6) is 0 Å². The summed E-state index contributed by atoms with van der Waals surface area (Å²) < 4.78 is 6.16. The van der Waals surface area contributed by atoms with Crippen LogP contribution in [0.15, 0.2) is 23.6 Å². The molecule has 2 rings (SSSR count). The molecule has 0 aliphatic carbocycles. The molecule has 1 heterocycles. The Balaban J connectivity index is 0.000000220. The highest BCUT2D eigenvalue weighted by Crippen LogP contribution is 2.21. The fraction of sp³-hybridized carbons (Fsp3) is 0.389. The van der Waals surface area contributed by atoms with Gasteiger partial charge in [0.25, 0.3) is 0 Å². The van der Waals surface area contributed by atoms with E-state index in [1.165, 1.54) is 25.8 Å². The van der Waals surface area contributed by atoms with Gasteiger partial charge in [-0.2, -0.15) is 0 Å². The lowest BCUT2D eigenvalue weighted by Gasteiger charge is -2.09. The van der Waals surface area contributed by atoms with Crippen LogP contribution in [0.2, 0.25) is 0 Å². The maximum absolute atomic E-state index is 10.9. The van der Waals surface area contributed by atoms with Crippen molar-refractivity contribution < 1.29 is 9.53 Å². The molecule has 0 atom stereocenters. The van der Waals surface area contributed by atoms with E-state index in [1.807, 2.05) is 24.4 Å². The summed E-state index contributed by atoms with van der Waals surface area (Å²) in [7, 11) is 0. The third kappa shape index (κ3) is 5.72. The molecule has 0 spiro atoms. The van der Waals surface area contributed by atoms with Crippen LogP contribution < -0.4 is 0 Å². The molecule has 1 aromatic carbocycles. The van der Waals surface area contributed by atoms with Gasteiger partial charge < -0.3 is 4.74 Å². The van der Waals surface area contributed by atoms with Crippen molar-refractivity contribution in [3.8, 4) is 0 Å². The third-order valence-electron chi connectivity index (χ3n) is 3.62. The second-order valence-corrected chi connectivity index (χ2v) is 7.31. The number of carbonyl (C=O) groups excluding carboxylic acids is 1. The van der Waals surface area contributed by atoms with Crippen molar-refractivity contribution in [1.29, 1.82) is 0 Å². The van der Waals surface area contributed by atoms with E-state index in [0.29, 0.717) is 13.0 Å². The van der Waals surface area contributed by atoms with Gasteiger partial charge in [-0.3, -0.25) is 4.79 Å². The van der Waals surface area contributed by atoms with Gasteiger partial charge in [0, 0.05) is 8.45 Å². The monoisotopic (exact) mass is 430 g/mol. The summed E-state index contributed by atoms with van der Waals surface area (Å²) in [5, 5.41) is 1.95. The predicted molar refractivity (Wildman–Crippen MR) is 103 cm³/mol. The molecule has 1 aromatic heterocycles. The number of hydrogen-bond donors (Lipinski definition) is 0. The Bertz CT molecular complexity index is 592. The third-order valence-corrected chi connectivity index (χ3v) is 5.62. The van der Waals surface area contributed by atoms with Gasteiger partial charge in [0.2, 0.25) is 0 Å². The molecule has 2 nitrogen and oxygen atoms in total. The number of hydrogen-bond acceptors (Lipinski definition) is 3. The minimum atomic E-state index is -0.144. The van der Waals surface area contributed by atoms with Crippen molar-refractivity contribution in [2.24, 2.45) is 0 Å². The number of thiophene rings is 1. The molecule has 0 aliphatic rings. The van der Waals surface area contributed by atoms with Gasteiger partial charge in [0.05, 0.1) is 13.0 Å². The van der Waals surface area contributed by atoms with Crippen molar-refractivity contribution in [2.45, 2.75) is 41.0 Å². The zero-order chi connectivity index (χ0) is 16.7. The van der Waals surface area contributed by atoms with Crippen LogP contribution >= 0.6 is 33.9 Å². The summed E-state index contributed by atoms with van der Waals surface area (Å²) in [6, 6.07) is 6.11. The fourth-order valence-electron chi connectivity index (χ4n) is 1.93. The number of esters is 1. The van der Waals surface area contributed by atoms with Crippen LogP contribution in [0.1, 0.15) is 34.1 Å². The number of rotatable bonds is 3. The molecule has 0 saturated heterocycles. The topological polar surface area (TPSA) is 26.3 Å². The van der Waals surface area contributed by atoms with Gasteiger partial charge in [-0.05, 0) is 97.0 Å². The van der Waals surface area contributed by atoms with E-state index in [-0.39, 0.29) is 5.97 Å². The van der Waals surface area contributed by atoms with Crippen LogP contribution in [-0.2, 0) is 16.0 Å². The quantitative estimate of drug-likeness (QED) is 0.483. The van der Waals surface area contributed by atoms with Crippen LogP contribution in [0.3, 0.4) is 0 Å². The van der Waals surface area contributed by atoms with Gasteiger partial charge >= 0.3 is 5.97 Å². The fourth-order valence-corrected chi connectivity index (χ4v) is 3.49. The SMILES string of the molecule is CCOC(=O)Cc1cccs1.Cc1cc(I)c(C)c(C)c1C. The predicted octanol–water partition coefficient (Wildman–Crippen LogP) is 5.38. The lowest BCUT2D eigenvalue weighted by atomic mass is 10.0. The van der Waals surface area contributed by atoms with Gasteiger partial charge in [-0.25, -0.2) is 0 Å². The molecule has 2 aromatic rings. The van der Waals surface area contributed by atoms with Crippen molar-refractivity contribution in [3.63, 3.8) is 0 Å². The molecule has 0 N–H and O–H groups in total. The Labute approximate surface area is 151 Å². The maximum Gasteiger partial charge on any atom is 0.311 e. The smallest absolute Gasteiger partial charge is 0.311 e. The average molecular weight is 430 g/mol. The van der Waals surface area contributed by atoms with E-state index in [2.05, 4.69) is 56.4 Å². The molecule has 0 fully saturated rings. The minimum absolute atomic E-state index is 0.144. The molecule has 120 valence electrons. The highest BCUT2D eigenvalue weighted by molar-refractivity contribution is 14.1. The molecule has 22 heavy (non-hydrogen) atoms. The van der Waals surface area contributed by atoms with Gasteiger partial charge in [0.15, 0.2) is 0 Å². The second-order valence-electron chi connectivity index (χ2n) is 5.11. The Kier molecular flexibility index (Phi) is 8.10. The first-order valence-electron chi connectivity index (χ1n) is 7.27. The molecule has 0 aliphatic heterocycles. The van der Waals surface area contributed by atoms with Crippen LogP contribution in [0, 0.1) is 31.3 Å². The van der Waals surface area contributed by atoms with E-state index in [4.69, 9.17) is 4.74 Å². The first-order chi connectivity index (χ1) is 10.4. The number of aryl methyl sites for hydroxylation is 1. The normalized spacial score (nSPS) is 9.91. The molecular formula is C18H23IO2S. The van der Waals surface area contributed by atoms with Crippen molar-refractivity contribution >= 4 is 39.9 Å². The zero-order valence-corrected chi connectivity index (χ0v) is 16.8. The number of benzene rings is 1. The summed E-state index contributed by atoms with van der Waals surface area (Å²) in [6.07, 6.45) is 0.408. The van der Waals surface area contributed by atoms with E-state index in [0.717, 1.165) is 4.88 Å². The lowest BCUT2D eigenvalue weighted by Crippen LogP contribution is -2.05. The molecule has 0 bridgehead atoms.